The van der Waals surface area contributed by atoms with Crippen molar-refractivity contribution >= 4 is 16.7 Å². The van der Waals surface area contributed by atoms with E-state index in [0.717, 1.165) is 28.0 Å². The van der Waals surface area contributed by atoms with E-state index in [1.807, 2.05) is 16.7 Å². The molecule has 5 nitrogen and oxygen atoms in total. The van der Waals surface area contributed by atoms with Crippen molar-refractivity contribution in [1.29, 1.82) is 0 Å². The molecule has 0 spiro atoms. The minimum absolute atomic E-state index is 0.713. The van der Waals surface area contributed by atoms with Crippen LogP contribution >= 0.6 is 0 Å². The highest BCUT2D eigenvalue weighted by molar-refractivity contribution is 5.93. The van der Waals surface area contributed by atoms with Crippen LogP contribution in [0.5, 0.6) is 0 Å². The number of para-hydroxylation sites is 1. The summed E-state index contributed by atoms with van der Waals surface area (Å²) in [6, 6.07) is 14.7. The van der Waals surface area contributed by atoms with E-state index >= 15 is 0 Å². The molecule has 0 fully saturated rings. The molecule has 3 aromatic heterocycles. The van der Waals surface area contributed by atoms with E-state index in [9.17, 15) is 0 Å². The van der Waals surface area contributed by atoms with Crippen molar-refractivity contribution in [2.45, 2.75) is 6.92 Å². The van der Waals surface area contributed by atoms with Crippen molar-refractivity contribution in [3.05, 3.63) is 79.0 Å². The minimum atomic E-state index is 0.713. The fraction of sp³-hybridized carbons (Fsp3) is 0.0952. The third kappa shape index (κ3) is 2.14. The zero-order valence-electron chi connectivity index (χ0n) is 14.7. The van der Waals surface area contributed by atoms with Crippen LogP contribution in [0.2, 0.25) is 0 Å². The summed E-state index contributed by atoms with van der Waals surface area (Å²) >= 11 is 0. The topological polar surface area (TPSA) is 39.0 Å². The number of aryl methyl sites for hydroxylation is 2. The summed E-state index contributed by atoms with van der Waals surface area (Å²) in [5, 5.41) is 1.09. The normalized spacial score (nSPS) is 11.5. The molecule has 0 radical (unpaired) electrons. The Kier molecular flexibility index (Phi) is 3.15. The second-order valence-electron chi connectivity index (χ2n) is 6.51. The number of hydrogen-bond acceptors (Lipinski definition) is 2. The Hall–Kier alpha value is -3.47. The Morgan fingerprint density at radius 2 is 1.85 bits per heavy atom. The largest absolute Gasteiger partial charge is 0.296 e. The molecule has 0 saturated heterocycles. The predicted molar refractivity (Wildman–Crippen MR) is 101 cm³/mol. The van der Waals surface area contributed by atoms with Crippen LogP contribution < -0.4 is 4.57 Å². The molecular weight excluding hydrogens is 322 g/mol. The first-order valence-corrected chi connectivity index (χ1v) is 8.58. The van der Waals surface area contributed by atoms with Crippen molar-refractivity contribution < 1.29 is 4.57 Å². The molecule has 2 aromatic carbocycles. The number of aromatic nitrogens is 5. The van der Waals surface area contributed by atoms with Crippen molar-refractivity contribution in [3.63, 3.8) is 0 Å². The number of benzene rings is 2. The van der Waals surface area contributed by atoms with E-state index in [2.05, 4.69) is 83.1 Å². The molecule has 0 saturated carbocycles. The van der Waals surface area contributed by atoms with Crippen molar-refractivity contribution in [2.75, 3.05) is 0 Å². The lowest BCUT2D eigenvalue weighted by molar-refractivity contribution is -0.659. The molecule has 0 aliphatic rings. The highest BCUT2D eigenvalue weighted by Crippen LogP contribution is 2.30. The standard InChI is InChI=1S/C21H18N5/c1-15-8-9-16-14-25-11-10-22-21(25)23-19(16)18(15)20-24(2)12-13-26(20)17-6-4-3-5-7-17/h3-14H,1-2H3/q+1. The van der Waals surface area contributed by atoms with Crippen LogP contribution in [0.15, 0.2) is 73.4 Å². The summed E-state index contributed by atoms with van der Waals surface area (Å²) in [5.74, 6) is 1.81. The van der Waals surface area contributed by atoms with Gasteiger partial charge in [-0.05, 0) is 24.6 Å². The van der Waals surface area contributed by atoms with Gasteiger partial charge in [-0.3, -0.25) is 4.40 Å². The Balaban J connectivity index is 1.88. The van der Waals surface area contributed by atoms with Gasteiger partial charge in [0.25, 0.3) is 5.82 Å². The number of imidazole rings is 2. The summed E-state index contributed by atoms with van der Waals surface area (Å²) in [4.78, 5) is 9.22. The van der Waals surface area contributed by atoms with Gasteiger partial charge in [-0.1, -0.05) is 30.3 Å². The number of nitrogens with zero attached hydrogens (tertiary/aromatic N) is 5. The molecule has 5 heteroatoms. The third-order valence-corrected chi connectivity index (χ3v) is 4.82. The van der Waals surface area contributed by atoms with Crippen LogP contribution in [0, 0.1) is 6.92 Å². The molecule has 0 bridgehead atoms. The molecule has 5 rings (SSSR count). The first-order chi connectivity index (χ1) is 12.7. The fourth-order valence-corrected chi connectivity index (χ4v) is 3.53. The van der Waals surface area contributed by atoms with E-state index in [4.69, 9.17) is 4.98 Å². The molecule has 26 heavy (non-hydrogen) atoms. The van der Waals surface area contributed by atoms with Gasteiger partial charge in [0.1, 0.15) is 18.1 Å². The Morgan fingerprint density at radius 3 is 2.69 bits per heavy atom. The smallest absolute Gasteiger partial charge is 0.291 e. The maximum absolute atomic E-state index is 4.86. The molecule has 0 unspecified atom stereocenters. The molecular formula is C21H18N5+. The average molecular weight is 340 g/mol. The second kappa shape index (κ2) is 5.52. The summed E-state index contributed by atoms with van der Waals surface area (Å²) in [7, 11) is 2.07. The van der Waals surface area contributed by atoms with Crippen LogP contribution in [0.25, 0.3) is 33.8 Å². The van der Waals surface area contributed by atoms with Gasteiger partial charge >= 0.3 is 0 Å². The molecule has 5 aromatic rings. The maximum atomic E-state index is 4.86. The van der Waals surface area contributed by atoms with Crippen LogP contribution in [-0.2, 0) is 7.05 Å². The summed E-state index contributed by atoms with van der Waals surface area (Å²) in [5.41, 5.74) is 4.41. The van der Waals surface area contributed by atoms with Crippen LogP contribution in [0.4, 0.5) is 0 Å². The van der Waals surface area contributed by atoms with Crippen molar-refractivity contribution in [3.8, 4) is 17.1 Å². The zero-order chi connectivity index (χ0) is 17.7. The van der Waals surface area contributed by atoms with Crippen LogP contribution in [0.3, 0.4) is 0 Å². The van der Waals surface area contributed by atoms with E-state index in [-0.39, 0.29) is 0 Å². The lowest BCUT2D eigenvalue weighted by atomic mass is 10.0. The number of rotatable bonds is 2. The maximum Gasteiger partial charge on any atom is 0.296 e. The first kappa shape index (κ1) is 14.8. The molecule has 0 atom stereocenters. The van der Waals surface area contributed by atoms with Crippen molar-refractivity contribution in [1.82, 2.24) is 18.9 Å². The predicted octanol–water partition coefficient (Wildman–Crippen LogP) is 3.47. The number of fused-ring (bicyclic) bond motifs is 2. The highest BCUT2D eigenvalue weighted by atomic mass is 15.1. The summed E-state index contributed by atoms with van der Waals surface area (Å²) in [6.45, 7) is 2.13. The molecule has 3 heterocycles. The monoisotopic (exact) mass is 340 g/mol. The van der Waals surface area contributed by atoms with Gasteiger partial charge in [0, 0.05) is 24.0 Å². The van der Waals surface area contributed by atoms with E-state index in [1.165, 1.54) is 5.56 Å². The van der Waals surface area contributed by atoms with Gasteiger partial charge in [0.15, 0.2) is 0 Å². The molecule has 0 aliphatic heterocycles. The third-order valence-electron chi connectivity index (χ3n) is 4.82. The van der Waals surface area contributed by atoms with Crippen LogP contribution in [0.1, 0.15) is 5.56 Å². The fourth-order valence-electron chi connectivity index (χ4n) is 3.53. The quantitative estimate of drug-likeness (QED) is 0.462. The Labute approximate surface area is 150 Å². The van der Waals surface area contributed by atoms with Crippen LogP contribution in [-0.4, -0.2) is 18.9 Å². The summed E-state index contributed by atoms with van der Waals surface area (Å²) in [6.07, 6.45) is 9.96. The SMILES string of the molecule is Cc1ccc2cn3ccnc3nc2c1-c1n(-c2ccccc2)cc[n+]1C. The van der Waals surface area contributed by atoms with E-state index in [0.29, 0.717) is 5.78 Å². The first-order valence-electron chi connectivity index (χ1n) is 8.58. The van der Waals surface area contributed by atoms with Gasteiger partial charge in [-0.25, -0.2) is 14.5 Å². The summed E-state index contributed by atoms with van der Waals surface area (Å²) < 4.78 is 6.31. The second-order valence-corrected chi connectivity index (χ2v) is 6.51. The zero-order valence-corrected chi connectivity index (χ0v) is 14.7. The Morgan fingerprint density at radius 1 is 1.00 bits per heavy atom. The molecule has 0 N–H and O–H groups in total. The van der Waals surface area contributed by atoms with Gasteiger partial charge < -0.3 is 0 Å². The van der Waals surface area contributed by atoms with Gasteiger partial charge in [0.2, 0.25) is 5.78 Å². The van der Waals surface area contributed by atoms with Gasteiger partial charge in [-0.2, -0.15) is 4.57 Å². The minimum Gasteiger partial charge on any atom is -0.291 e. The molecule has 0 aliphatic carbocycles. The van der Waals surface area contributed by atoms with E-state index in [1.54, 1.807) is 6.20 Å². The number of hydrogen-bond donors (Lipinski definition) is 0. The molecule has 0 amide bonds. The Bertz CT molecular complexity index is 1250. The van der Waals surface area contributed by atoms with Gasteiger partial charge in [-0.15, -0.1) is 0 Å². The van der Waals surface area contributed by atoms with Crippen molar-refractivity contribution in [2.24, 2.45) is 7.05 Å². The average Bonchev–Trinajstić information content (AvgIpc) is 3.27. The van der Waals surface area contributed by atoms with E-state index < -0.39 is 0 Å². The lowest BCUT2D eigenvalue weighted by Crippen LogP contribution is -2.29. The lowest BCUT2D eigenvalue weighted by Gasteiger charge is -2.09. The van der Waals surface area contributed by atoms with Gasteiger partial charge in [0.05, 0.1) is 18.1 Å². The highest BCUT2D eigenvalue weighted by Gasteiger charge is 2.24. The molecule has 126 valence electrons.